The Kier molecular flexibility index (Phi) is 2.84. The monoisotopic (exact) mass is 210 g/mol. The maximum atomic E-state index is 11.6. The summed E-state index contributed by atoms with van der Waals surface area (Å²) in [6.45, 7) is 1.56. The fourth-order valence-electron chi connectivity index (χ4n) is 1.66. The average molecular weight is 210 g/mol. The molecule has 2 N–H and O–H groups in total. The molecule has 1 aliphatic rings. The van der Waals surface area contributed by atoms with Gasteiger partial charge in [-0.15, -0.1) is 11.3 Å². The molecule has 14 heavy (non-hydrogen) atoms. The van der Waals surface area contributed by atoms with E-state index in [1.165, 1.54) is 4.88 Å². The molecule has 1 aromatic heterocycles. The molecule has 1 amide bonds. The second-order valence-electron chi connectivity index (χ2n) is 3.65. The van der Waals surface area contributed by atoms with E-state index < -0.39 is 0 Å². The molecule has 0 spiro atoms. The van der Waals surface area contributed by atoms with Gasteiger partial charge < -0.3 is 10.6 Å². The molecule has 1 fully saturated rings. The normalized spacial score (nSPS) is 22.8. The largest absolute Gasteiger partial charge is 0.337 e. The fourth-order valence-corrected chi connectivity index (χ4v) is 2.38. The van der Waals surface area contributed by atoms with Crippen LogP contribution in [0.4, 0.5) is 0 Å². The van der Waals surface area contributed by atoms with Crippen molar-refractivity contribution in [2.24, 2.45) is 5.73 Å². The van der Waals surface area contributed by atoms with Gasteiger partial charge in [0.1, 0.15) is 0 Å². The van der Waals surface area contributed by atoms with E-state index in [0.717, 1.165) is 19.5 Å². The highest BCUT2D eigenvalue weighted by molar-refractivity contribution is 7.09. The maximum Gasteiger partial charge on any atom is 0.224 e. The van der Waals surface area contributed by atoms with Crippen molar-refractivity contribution in [1.82, 2.24) is 4.90 Å². The van der Waals surface area contributed by atoms with Gasteiger partial charge in [-0.05, 0) is 17.9 Å². The molecular formula is C10H14N2OS. The van der Waals surface area contributed by atoms with Crippen molar-refractivity contribution in [2.45, 2.75) is 25.4 Å². The number of nitrogens with two attached hydrogens (primary N) is 1. The summed E-state index contributed by atoms with van der Waals surface area (Å²) in [7, 11) is 0. The maximum absolute atomic E-state index is 11.6. The minimum absolute atomic E-state index is 0.0714. The molecule has 1 atom stereocenters. The van der Waals surface area contributed by atoms with Crippen LogP contribution in [-0.2, 0) is 11.3 Å². The third kappa shape index (κ3) is 2.13. The summed E-state index contributed by atoms with van der Waals surface area (Å²) in [5.74, 6) is 0.192. The van der Waals surface area contributed by atoms with Crippen LogP contribution in [-0.4, -0.2) is 23.4 Å². The highest BCUT2D eigenvalue weighted by Crippen LogP contribution is 2.16. The van der Waals surface area contributed by atoms with Gasteiger partial charge in [0.05, 0.1) is 6.54 Å². The molecule has 0 radical (unpaired) electrons. The zero-order valence-corrected chi connectivity index (χ0v) is 8.80. The highest BCUT2D eigenvalue weighted by atomic mass is 32.1. The number of rotatable bonds is 2. The number of thiophene rings is 1. The summed E-state index contributed by atoms with van der Waals surface area (Å²) in [6.07, 6.45) is 1.43. The predicted molar refractivity (Wildman–Crippen MR) is 56.9 cm³/mol. The Morgan fingerprint density at radius 1 is 1.64 bits per heavy atom. The predicted octanol–water partition coefficient (Wildman–Crippen LogP) is 1.20. The third-order valence-corrected chi connectivity index (χ3v) is 3.35. The Morgan fingerprint density at radius 2 is 2.50 bits per heavy atom. The molecule has 1 unspecified atom stereocenters. The Bertz CT molecular complexity index is 310. The Morgan fingerprint density at radius 3 is 3.14 bits per heavy atom. The number of carbonyl (C=O) groups excluding carboxylic acids is 1. The second kappa shape index (κ2) is 4.11. The van der Waals surface area contributed by atoms with E-state index in [4.69, 9.17) is 5.73 Å². The number of hydrogen-bond acceptors (Lipinski definition) is 3. The number of amides is 1. The molecule has 1 aliphatic heterocycles. The van der Waals surface area contributed by atoms with Crippen LogP contribution in [0.5, 0.6) is 0 Å². The van der Waals surface area contributed by atoms with Gasteiger partial charge in [0.15, 0.2) is 0 Å². The summed E-state index contributed by atoms with van der Waals surface area (Å²) >= 11 is 1.69. The standard InChI is InChI=1S/C10H14N2OS/c11-8-3-4-12(10(13)6-8)7-9-2-1-5-14-9/h1-2,5,8H,3-4,6-7,11H2. The quantitative estimate of drug-likeness (QED) is 0.797. The van der Waals surface area contributed by atoms with Gasteiger partial charge in [-0.3, -0.25) is 4.79 Å². The van der Waals surface area contributed by atoms with Gasteiger partial charge in [0.25, 0.3) is 0 Å². The lowest BCUT2D eigenvalue weighted by Gasteiger charge is -2.29. The molecule has 1 aromatic rings. The van der Waals surface area contributed by atoms with Crippen molar-refractivity contribution in [2.75, 3.05) is 6.54 Å². The number of carbonyl (C=O) groups is 1. The summed E-state index contributed by atoms with van der Waals surface area (Å²) in [5.41, 5.74) is 5.72. The first-order chi connectivity index (χ1) is 6.75. The summed E-state index contributed by atoms with van der Waals surface area (Å²) in [6, 6.07) is 4.15. The van der Waals surface area contributed by atoms with Crippen LogP contribution in [0, 0.1) is 0 Å². The van der Waals surface area contributed by atoms with E-state index in [0.29, 0.717) is 6.42 Å². The van der Waals surface area contributed by atoms with Crippen LogP contribution in [0.25, 0.3) is 0 Å². The van der Waals surface area contributed by atoms with E-state index in [-0.39, 0.29) is 11.9 Å². The van der Waals surface area contributed by atoms with Gasteiger partial charge >= 0.3 is 0 Å². The van der Waals surface area contributed by atoms with Gasteiger partial charge in [-0.2, -0.15) is 0 Å². The van der Waals surface area contributed by atoms with Gasteiger partial charge in [0, 0.05) is 23.9 Å². The lowest BCUT2D eigenvalue weighted by atomic mass is 10.1. The van der Waals surface area contributed by atoms with Crippen LogP contribution in [0.15, 0.2) is 17.5 Å². The molecule has 2 heterocycles. The lowest BCUT2D eigenvalue weighted by Crippen LogP contribution is -2.43. The molecule has 1 saturated heterocycles. The van der Waals surface area contributed by atoms with Gasteiger partial charge in [-0.1, -0.05) is 6.07 Å². The molecule has 4 heteroatoms. The number of nitrogens with zero attached hydrogens (tertiary/aromatic N) is 1. The number of likely N-dealkylation sites (tertiary alicyclic amines) is 1. The topological polar surface area (TPSA) is 46.3 Å². The number of hydrogen-bond donors (Lipinski definition) is 1. The van der Waals surface area contributed by atoms with Gasteiger partial charge in [0.2, 0.25) is 5.91 Å². The Hall–Kier alpha value is -0.870. The summed E-state index contributed by atoms with van der Waals surface area (Å²) < 4.78 is 0. The van der Waals surface area contributed by atoms with Crippen molar-refractivity contribution >= 4 is 17.2 Å². The smallest absolute Gasteiger partial charge is 0.224 e. The van der Waals surface area contributed by atoms with Gasteiger partial charge in [-0.25, -0.2) is 0 Å². The van der Waals surface area contributed by atoms with Crippen molar-refractivity contribution < 1.29 is 4.79 Å². The molecule has 76 valence electrons. The SMILES string of the molecule is NC1CCN(Cc2cccs2)C(=O)C1. The van der Waals surface area contributed by atoms with Crippen molar-refractivity contribution in [3.63, 3.8) is 0 Å². The van der Waals surface area contributed by atoms with E-state index in [9.17, 15) is 4.79 Å². The van der Waals surface area contributed by atoms with Crippen LogP contribution in [0.2, 0.25) is 0 Å². The van der Waals surface area contributed by atoms with Crippen molar-refractivity contribution in [1.29, 1.82) is 0 Å². The average Bonchev–Trinajstić information content (AvgIpc) is 2.62. The van der Waals surface area contributed by atoms with E-state index in [1.807, 2.05) is 16.3 Å². The summed E-state index contributed by atoms with van der Waals surface area (Å²) in [5, 5.41) is 2.04. The third-order valence-electron chi connectivity index (χ3n) is 2.49. The zero-order chi connectivity index (χ0) is 9.97. The van der Waals surface area contributed by atoms with Crippen molar-refractivity contribution in [3.8, 4) is 0 Å². The molecule has 0 bridgehead atoms. The molecule has 0 aromatic carbocycles. The zero-order valence-electron chi connectivity index (χ0n) is 7.98. The molecule has 0 saturated carbocycles. The Labute approximate surface area is 87.5 Å². The molecule has 3 nitrogen and oxygen atoms in total. The molecule has 0 aliphatic carbocycles. The molecule has 2 rings (SSSR count). The van der Waals surface area contributed by atoms with Crippen molar-refractivity contribution in [3.05, 3.63) is 22.4 Å². The van der Waals surface area contributed by atoms with Crippen LogP contribution in [0.3, 0.4) is 0 Å². The minimum atomic E-state index is 0.0714. The lowest BCUT2D eigenvalue weighted by molar-refractivity contribution is -0.134. The van der Waals surface area contributed by atoms with Crippen LogP contribution in [0.1, 0.15) is 17.7 Å². The van der Waals surface area contributed by atoms with E-state index >= 15 is 0 Å². The molecular weight excluding hydrogens is 196 g/mol. The first kappa shape index (κ1) is 9.68. The first-order valence-electron chi connectivity index (χ1n) is 4.81. The van der Waals surface area contributed by atoms with Crippen LogP contribution < -0.4 is 5.73 Å². The Balaban J connectivity index is 1.95. The first-order valence-corrected chi connectivity index (χ1v) is 5.69. The minimum Gasteiger partial charge on any atom is -0.337 e. The fraction of sp³-hybridized carbons (Fsp3) is 0.500. The van der Waals surface area contributed by atoms with E-state index in [2.05, 4.69) is 6.07 Å². The second-order valence-corrected chi connectivity index (χ2v) is 4.68. The van der Waals surface area contributed by atoms with Crippen LogP contribution >= 0.6 is 11.3 Å². The highest BCUT2D eigenvalue weighted by Gasteiger charge is 2.23. The van der Waals surface area contributed by atoms with E-state index in [1.54, 1.807) is 11.3 Å². The summed E-state index contributed by atoms with van der Waals surface area (Å²) in [4.78, 5) is 14.7. The number of piperidine rings is 1.